The van der Waals surface area contributed by atoms with E-state index in [9.17, 15) is 4.79 Å². The Balaban J connectivity index is 0.00000169. The molecule has 0 aromatic heterocycles. The molecule has 0 aliphatic carbocycles. The zero-order valence-electron chi connectivity index (χ0n) is 7.88. The molecule has 0 fully saturated rings. The van der Waals surface area contributed by atoms with E-state index in [0.29, 0.717) is 0 Å². The summed E-state index contributed by atoms with van der Waals surface area (Å²) in [5, 5.41) is 8.69. The van der Waals surface area contributed by atoms with Crippen LogP contribution in [-0.4, -0.2) is 17.1 Å². The number of hydrogen-bond acceptors (Lipinski definition) is 2. The minimum Gasteiger partial charge on any atom is -0.480 e. The molecule has 3 nitrogen and oxygen atoms in total. The monoisotopic (exact) mass is 215 g/mol. The van der Waals surface area contributed by atoms with Crippen LogP contribution in [0.1, 0.15) is 18.4 Å². The van der Waals surface area contributed by atoms with Crippen LogP contribution in [0.25, 0.3) is 0 Å². The number of aliphatic carboxylic acids is 1. The lowest BCUT2D eigenvalue weighted by Crippen LogP contribution is -2.35. The van der Waals surface area contributed by atoms with Crippen molar-refractivity contribution in [3.63, 3.8) is 0 Å². The van der Waals surface area contributed by atoms with Crippen molar-refractivity contribution in [3.8, 4) is 0 Å². The van der Waals surface area contributed by atoms with Gasteiger partial charge in [-0.25, -0.2) is 0 Å². The van der Waals surface area contributed by atoms with Gasteiger partial charge < -0.3 is 10.8 Å². The van der Waals surface area contributed by atoms with Gasteiger partial charge in [-0.15, -0.1) is 12.4 Å². The highest BCUT2D eigenvalue weighted by Gasteiger charge is 2.20. The Morgan fingerprint density at radius 3 is 2.29 bits per heavy atom. The minimum absolute atomic E-state index is 0. The zero-order valence-corrected chi connectivity index (χ0v) is 8.70. The van der Waals surface area contributed by atoms with Gasteiger partial charge in [0.05, 0.1) is 0 Å². The van der Waals surface area contributed by atoms with Gasteiger partial charge in [0.2, 0.25) is 0 Å². The van der Waals surface area contributed by atoms with Crippen molar-refractivity contribution in [1.29, 1.82) is 0 Å². The Labute approximate surface area is 89.3 Å². The maximum atomic E-state index is 10.6. The second-order valence-electron chi connectivity index (χ2n) is 3.06. The Morgan fingerprint density at radius 2 is 1.86 bits per heavy atom. The number of hydrogen-bond donors (Lipinski definition) is 2. The first kappa shape index (κ1) is 12.9. The van der Waals surface area contributed by atoms with Crippen molar-refractivity contribution in [3.05, 3.63) is 35.9 Å². The molecule has 0 aliphatic heterocycles. The van der Waals surface area contributed by atoms with Crippen LogP contribution in [0.15, 0.2) is 30.3 Å². The van der Waals surface area contributed by atoms with Gasteiger partial charge in [0.1, 0.15) is 6.04 Å². The number of carbonyl (C=O) groups is 1. The van der Waals surface area contributed by atoms with Crippen LogP contribution in [0.5, 0.6) is 0 Å². The normalized spacial score (nSPS) is 13.9. The van der Waals surface area contributed by atoms with Gasteiger partial charge in [0, 0.05) is 5.92 Å². The lowest BCUT2D eigenvalue weighted by Gasteiger charge is -2.15. The van der Waals surface area contributed by atoms with E-state index in [4.69, 9.17) is 10.8 Å². The molecule has 0 amide bonds. The van der Waals surface area contributed by atoms with Gasteiger partial charge in [0.25, 0.3) is 0 Å². The molecule has 2 atom stereocenters. The fraction of sp³-hybridized carbons (Fsp3) is 0.300. The van der Waals surface area contributed by atoms with Crippen molar-refractivity contribution >= 4 is 18.4 Å². The summed E-state index contributed by atoms with van der Waals surface area (Å²) in [5.74, 6) is -1.12. The smallest absolute Gasteiger partial charge is 0.321 e. The summed E-state index contributed by atoms with van der Waals surface area (Å²) in [6.07, 6.45) is 0. The molecular weight excluding hydrogens is 202 g/mol. The van der Waals surface area contributed by atoms with Crippen molar-refractivity contribution < 1.29 is 9.90 Å². The molecule has 0 unspecified atom stereocenters. The molecule has 0 bridgehead atoms. The minimum atomic E-state index is -0.962. The average Bonchev–Trinajstić information content (AvgIpc) is 2.17. The highest BCUT2D eigenvalue weighted by molar-refractivity contribution is 5.85. The maximum absolute atomic E-state index is 10.6. The molecule has 78 valence electrons. The zero-order chi connectivity index (χ0) is 9.84. The van der Waals surface area contributed by atoms with E-state index in [1.807, 2.05) is 37.3 Å². The molecular formula is C10H14ClNO2. The van der Waals surface area contributed by atoms with Crippen LogP contribution < -0.4 is 5.73 Å². The van der Waals surface area contributed by atoms with E-state index in [1.165, 1.54) is 0 Å². The van der Waals surface area contributed by atoms with Crippen LogP contribution in [-0.2, 0) is 4.79 Å². The summed E-state index contributed by atoms with van der Waals surface area (Å²) in [6.45, 7) is 1.81. The summed E-state index contributed by atoms with van der Waals surface area (Å²) in [6, 6.07) is 8.58. The average molecular weight is 216 g/mol. The van der Waals surface area contributed by atoms with Gasteiger partial charge in [-0.2, -0.15) is 0 Å². The molecule has 1 aromatic rings. The first-order chi connectivity index (χ1) is 6.13. The number of rotatable bonds is 3. The fourth-order valence-corrected chi connectivity index (χ4v) is 1.18. The SMILES string of the molecule is C[C@@H](c1ccccc1)[C@@H](N)C(=O)O.Cl. The largest absolute Gasteiger partial charge is 0.480 e. The Kier molecular flexibility index (Phi) is 5.20. The molecule has 0 aliphatic rings. The first-order valence-electron chi connectivity index (χ1n) is 4.16. The Hall–Kier alpha value is -1.06. The number of benzene rings is 1. The molecule has 0 radical (unpaired) electrons. The molecule has 4 heteroatoms. The van der Waals surface area contributed by atoms with Crippen LogP contribution in [0.3, 0.4) is 0 Å². The second-order valence-corrected chi connectivity index (χ2v) is 3.06. The molecule has 0 heterocycles. The van der Waals surface area contributed by atoms with Crippen molar-refractivity contribution in [1.82, 2.24) is 0 Å². The number of halogens is 1. The van der Waals surface area contributed by atoms with Crippen molar-refractivity contribution in [2.45, 2.75) is 18.9 Å². The molecule has 0 saturated carbocycles. The standard InChI is InChI=1S/C10H13NO2.ClH/c1-7(9(11)10(12)13)8-5-3-2-4-6-8;/h2-7,9H,11H2,1H3,(H,12,13);1H/t7-,9+;/m0./s1. The van der Waals surface area contributed by atoms with E-state index in [0.717, 1.165) is 5.56 Å². The fourth-order valence-electron chi connectivity index (χ4n) is 1.18. The Bertz CT molecular complexity index is 289. The molecule has 1 aromatic carbocycles. The van der Waals surface area contributed by atoms with E-state index in [1.54, 1.807) is 0 Å². The third-order valence-electron chi connectivity index (χ3n) is 2.15. The Morgan fingerprint density at radius 1 is 1.36 bits per heavy atom. The second kappa shape index (κ2) is 5.62. The summed E-state index contributed by atoms with van der Waals surface area (Å²) in [4.78, 5) is 10.6. The molecule has 0 spiro atoms. The van der Waals surface area contributed by atoms with Gasteiger partial charge in [-0.3, -0.25) is 4.79 Å². The molecule has 14 heavy (non-hydrogen) atoms. The van der Waals surface area contributed by atoms with Gasteiger partial charge in [0.15, 0.2) is 0 Å². The van der Waals surface area contributed by atoms with E-state index < -0.39 is 12.0 Å². The molecule has 0 saturated heterocycles. The summed E-state index contributed by atoms with van der Waals surface area (Å²) >= 11 is 0. The van der Waals surface area contributed by atoms with Gasteiger partial charge in [-0.05, 0) is 5.56 Å². The number of carboxylic acids is 1. The summed E-state index contributed by atoms with van der Waals surface area (Å²) in [5.41, 5.74) is 6.45. The van der Waals surface area contributed by atoms with Crippen LogP contribution >= 0.6 is 12.4 Å². The summed E-state index contributed by atoms with van der Waals surface area (Å²) < 4.78 is 0. The lowest BCUT2D eigenvalue weighted by molar-refractivity contribution is -0.139. The predicted octanol–water partition coefficient (Wildman–Crippen LogP) is 1.62. The highest BCUT2D eigenvalue weighted by Crippen LogP contribution is 2.17. The summed E-state index contributed by atoms with van der Waals surface area (Å²) in [7, 11) is 0. The topological polar surface area (TPSA) is 63.3 Å². The van der Waals surface area contributed by atoms with Crippen LogP contribution in [0.4, 0.5) is 0 Å². The number of carboxylic acid groups (broad SMARTS) is 1. The number of nitrogens with two attached hydrogens (primary N) is 1. The highest BCUT2D eigenvalue weighted by atomic mass is 35.5. The third-order valence-corrected chi connectivity index (χ3v) is 2.15. The molecule has 3 N–H and O–H groups in total. The first-order valence-corrected chi connectivity index (χ1v) is 4.16. The molecule has 1 rings (SSSR count). The van der Waals surface area contributed by atoms with Gasteiger partial charge in [-0.1, -0.05) is 37.3 Å². The van der Waals surface area contributed by atoms with E-state index >= 15 is 0 Å². The third kappa shape index (κ3) is 3.01. The van der Waals surface area contributed by atoms with E-state index in [-0.39, 0.29) is 18.3 Å². The predicted molar refractivity (Wildman–Crippen MR) is 57.7 cm³/mol. The van der Waals surface area contributed by atoms with E-state index in [2.05, 4.69) is 0 Å². The van der Waals surface area contributed by atoms with Gasteiger partial charge >= 0.3 is 5.97 Å². The van der Waals surface area contributed by atoms with Crippen LogP contribution in [0, 0.1) is 0 Å². The maximum Gasteiger partial charge on any atom is 0.321 e. The lowest BCUT2D eigenvalue weighted by atomic mass is 9.94. The quantitative estimate of drug-likeness (QED) is 0.806. The van der Waals surface area contributed by atoms with Crippen molar-refractivity contribution in [2.75, 3.05) is 0 Å². The van der Waals surface area contributed by atoms with Crippen LogP contribution in [0.2, 0.25) is 0 Å². The van der Waals surface area contributed by atoms with Crippen molar-refractivity contribution in [2.24, 2.45) is 5.73 Å².